The van der Waals surface area contributed by atoms with Gasteiger partial charge in [0.05, 0.1) is 13.2 Å². The molecule has 3 rings (SSSR count). The second-order valence-electron chi connectivity index (χ2n) is 3.57. The first kappa shape index (κ1) is 6.62. The fourth-order valence-corrected chi connectivity index (χ4v) is 2.01. The minimum absolute atomic E-state index is 0.721. The summed E-state index contributed by atoms with van der Waals surface area (Å²) >= 11 is 0. The minimum atomic E-state index is 0.721. The molecule has 0 N–H and O–H groups in total. The Hall–Kier alpha value is -0.0800. The van der Waals surface area contributed by atoms with Crippen molar-refractivity contribution in [1.29, 1.82) is 0 Å². The lowest BCUT2D eigenvalue weighted by Crippen LogP contribution is -2.39. The quantitative estimate of drug-likeness (QED) is 0.493. The van der Waals surface area contributed by atoms with E-state index >= 15 is 0 Å². The summed E-state index contributed by atoms with van der Waals surface area (Å²) < 4.78 is 5.51. The van der Waals surface area contributed by atoms with Gasteiger partial charge in [-0.1, -0.05) is 0 Å². The van der Waals surface area contributed by atoms with Gasteiger partial charge in [-0.25, -0.2) is 0 Å². The molecule has 0 radical (unpaired) electrons. The average Bonchev–Trinajstić information content (AvgIpc) is 2.20. The number of piperidine rings is 1. The lowest BCUT2D eigenvalue weighted by molar-refractivity contribution is 0.115. The molecule has 2 nitrogen and oxygen atoms in total. The van der Waals surface area contributed by atoms with Crippen molar-refractivity contribution in [2.45, 2.75) is 18.9 Å². The number of rotatable bonds is 0. The number of hydrogen-bond acceptors (Lipinski definition) is 2. The highest BCUT2D eigenvalue weighted by molar-refractivity contribution is 4.82. The predicted octanol–water partition coefficient (Wildman–Crippen LogP) is 0.727. The van der Waals surface area contributed by atoms with E-state index in [-0.39, 0.29) is 0 Å². The second kappa shape index (κ2) is 2.51. The van der Waals surface area contributed by atoms with Gasteiger partial charge in [0.15, 0.2) is 0 Å². The molecule has 2 heteroatoms. The average molecular weight is 141 g/mol. The van der Waals surface area contributed by atoms with Crippen molar-refractivity contribution in [3.63, 3.8) is 0 Å². The Balaban J connectivity index is 2.07. The van der Waals surface area contributed by atoms with E-state index in [0.717, 1.165) is 25.2 Å². The van der Waals surface area contributed by atoms with Crippen LogP contribution in [0.2, 0.25) is 0 Å². The summed E-state index contributed by atoms with van der Waals surface area (Å²) in [6.07, 6.45) is 2.73. The topological polar surface area (TPSA) is 12.5 Å². The maximum absolute atomic E-state index is 5.51. The van der Waals surface area contributed by atoms with Gasteiger partial charge in [0, 0.05) is 12.6 Å². The molecule has 3 aliphatic heterocycles. The van der Waals surface area contributed by atoms with Gasteiger partial charge in [-0.2, -0.15) is 0 Å². The van der Waals surface area contributed by atoms with Crippen molar-refractivity contribution in [2.24, 2.45) is 5.92 Å². The van der Waals surface area contributed by atoms with E-state index in [4.69, 9.17) is 4.74 Å². The Labute approximate surface area is 62.2 Å². The molecule has 10 heavy (non-hydrogen) atoms. The molecule has 2 atom stereocenters. The van der Waals surface area contributed by atoms with Crippen LogP contribution in [0.5, 0.6) is 0 Å². The van der Waals surface area contributed by atoms with Gasteiger partial charge >= 0.3 is 0 Å². The van der Waals surface area contributed by atoms with Gasteiger partial charge in [-0.05, 0) is 25.8 Å². The third-order valence-electron chi connectivity index (χ3n) is 2.74. The van der Waals surface area contributed by atoms with Gasteiger partial charge in [0.1, 0.15) is 0 Å². The molecule has 58 valence electrons. The van der Waals surface area contributed by atoms with E-state index in [1.54, 1.807) is 0 Å². The largest absolute Gasteiger partial charge is 0.379 e. The number of ether oxygens (including phenoxy) is 1. The molecule has 2 bridgehead atoms. The van der Waals surface area contributed by atoms with Crippen LogP contribution in [0.25, 0.3) is 0 Å². The van der Waals surface area contributed by atoms with Gasteiger partial charge in [0.25, 0.3) is 0 Å². The molecule has 2 unspecified atom stereocenters. The van der Waals surface area contributed by atoms with Crippen LogP contribution >= 0.6 is 0 Å². The molecule has 0 aliphatic carbocycles. The van der Waals surface area contributed by atoms with E-state index < -0.39 is 0 Å². The van der Waals surface area contributed by atoms with Crippen LogP contribution in [0, 0.1) is 5.92 Å². The van der Waals surface area contributed by atoms with Gasteiger partial charge < -0.3 is 9.64 Å². The summed E-state index contributed by atoms with van der Waals surface area (Å²) in [5.74, 6) is 0.823. The van der Waals surface area contributed by atoms with E-state index in [1.165, 1.54) is 19.4 Å². The maximum Gasteiger partial charge on any atom is 0.0621 e. The predicted molar refractivity (Wildman–Crippen MR) is 40.0 cm³/mol. The molecule has 0 saturated carbocycles. The van der Waals surface area contributed by atoms with Crippen molar-refractivity contribution < 1.29 is 4.74 Å². The van der Waals surface area contributed by atoms with Gasteiger partial charge in [0.2, 0.25) is 0 Å². The summed E-state index contributed by atoms with van der Waals surface area (Å²) in [5.41, 5.74) is 0. The van der Waals surface area contributed by atoms with Crippen molar-refractivity contribution in [3.05, 3.63) is 0 Å². The van der Waals surface area contributed by atoms with Crippen LogP contribution in [0.15, 0.2) is 0 Å². The van der Waals surface area contributed by atoms with Crippen LogP contribution in [0.4, 0.5) is 0 Å². The van der Waals surface area contributed by atoms with Crippen molar-refractivity contribution in [3.8, 4) is 0 Å². The highest BCUT2D eigenvalue weighted by Gasteiger charge is 2.29. The van der Waals surface area contributed by atoms with Crippen LogP contribution < -0.4 is 0 Å². The Bertz CT molecular complexity index is 122. The minimum Gasteiger partial charge on any atom is -0.379 e. The maximum atomic E-state index is 5.51. The molecule has 3 heterocycles. The third-order valence-corrected chi connectivity index (χ3v) is 2.74. The van der Waals surface area contributed by atoms with E-state index in [9.17, 15) is 0 Å². The molecule has 0 aromatic carbocycles. The Morgan fingerprint density at radius 1 is 1.30 bits per heavy atom. The van der Waals surface area contributed by atoms with E-state index in [2.05, 4.69) is 11.9 Å². The standard InChI is InChI=1S/C8H15NO/c1-9-4-7-2-3-8(9)6-10-5-7/h7-8H,2-6H2,1H3. The zero-order valence-corrected chi connectivity index (χ0v) is 6.55. The molecule has 0 aromatic rings. The zero-order valence-electron chi connectivity index (χ0n) is 6.55. The normalized spacial score (nSPS) is 41.7. The zero-order chi connectivity index (χ0) is 6.97. The number of hydrogen-bond donors (Lipinski definition) is 0. The molecule has 3 aliphatic rings. The van der Waals surface area contributed by atoms with Crippen molar-refractivity contribution in [1.82, 2.24) is 4.90 Å². The first-order chi connectivity index (χ1) is 4.86. The first-order valence-electron chi connectivity index (χ1n) is 4.14. The molecular weight excluding hydrogens is 126 g/mol. The highest BCUT2D eigenvalue weighted by atomic mass is 16.5. The van der Waals surface area contributed by atoms with Crippen molar-refractivity contribution in [2.75, 3.05) is 26.8 Å². The number of nitrogens with zero attached hydrogens (tertiary/aromatic N) is 1. The number of likely N-dealkylation sites (N-methyl/N-ethyl adjacent to an activating group) is 1. The van der Waals surface area contributed by atoms with E-state index in [0.29, 0.717) is 0 Å². The fraction of sp³-hybridized carbons (Fsp3) is 1.00. The summed E-state index contributed by atoms with van der Waals surface area (Å²) in [6, 6.07) is 0.721. The first-order valence-corrected chi connectivity index (χ1v) is 4.14. The highest BCUT2D eigenvalue weighted by Crippen LogP contribution is 2.24. The Morgan fingerprint density at radius 3 is 3.00 bits per heavy atom. The fourth-order valence-electron chi connectivity index (χ4n) is 2.01. The van der Waals surface area contributed by atoms with Crippen LogP contribution in [0.3, 0.4) is 0 Å². The summed E-state index contributed by atoms with van der Waals surface area (Å²) in [7, 11) is 2.21. The Morgan fingerprint density at radius 2 is 2.20 bits per heavy atom. The van der Waals surface area contributed by atoms with Gasteiger partial charge in [-0.15, -0.1) is 0 Å². The van der Waals surface area contributed by atoms with Crippen LogP contribution in [-0.2, 0) is 4.74 Å². The smallest absolute Gasteiger partial charge is 0.0621 e. The van der Waals surface area contributed by atoms with Crippen molar-refractivity contribution >= 4 is 0 Å². The molecule has 0 amide bonds. The second-order valence-corrected chi connectivity index (χ2v) is 3.57. The summed E-state index contributed by atoms with van der Waals surface area (Å²) in [5, 5.41) is 0. The lowest BCUT2D eigenvalue weighted by atomic mass is 9.96. The van der Waals surface area contributed by atoms with Gasteiger partial charge in [-0.3, -0.25) is 0 Å². The SMILES string of the molecule is CN1CC2CCC1COC2. The third kappa shape index (κ3) is 1.06. The van der Waals surface area contributed by atoms with E-state index in [1.807, 2.05) is 0 Å². The Kier molecular flexibility index (Phi) is 1.66. The summed E-state index contributed by atoms with van der Waals surface area (Å²) in [4.78, 5) is 2.45. The van der Waals surface area contributed by atoms with Crippen LogP contribution in [-0.4, -0.2) is 37.7 Å². The molecular formula is C8H15NO. The molecule has 3 saturated heterocycles. The monoisotopic (exact) mass is 141 g/mol. The molecule has 0 spiro atoms. The molecule has 0 aromatic heterocycles. The molecule has 3 fully saturated rings. The number of fused-ring (bicyclic) bond motifs is 4. The van der Waals surface area contributed by atoms with Crippen LogP contribution in [0.1, 0.15) is 12.8 Å². The lowest BCUT2D eigenvalue weighted by Gasteiger charge is -2.31. The summed E-state index contributed by atoms with van der Waals surface area (Å²) in [6.45, 7) is 3.22.